The van der Waals surface area contributed by atoms with E-state index in [0.29, 0.717) is 18.6 Å². The molecule has 0 aliphatic heterocycles. The molecule has 0 bridgehead atoms. The van der Waals surface area contributed by atoms with Crippen LogP contribution in [0.2, 0.25) is 0 Å². The van der Waals surface area contributed by atoms with Crippen LogP contribution in [0.5, 0.6) is 0 Å². The second-order valence-corrected chi connectivity index (χ2v) is 5.92. The van der Waals surface area contributed by atoms with E-state index in [0.717, 1.165) is 24.5 Å². The molecule has 17 heavy (non-hydrogen) atoms. The molecule has 0 saturated carbocycles. The molecule has 1 N–H and O–H groups in total. The quantitative estimate of drug-likeness (QED) is 0.765. The van der Waals surface area contributed by atoms with Crippen molar-refractivity contribution in [3.63, 3.8) is 0 Å². The molecular weight excluding hydrogens is 232 g/mol. The molecule has 0 amide bonds. The van der Waals surface area contributed by atoms with Gasteiger partial charge in [0.1, 0.15) is 0 Å². The predicted molar refractivity (Wildman–Crippen MR) is 74.6 cm³/mol. The fourth-order valence-corrected chi connectivity index (χ4v) is 2.40. The maximum atomic E-state index is 5.80. The van der Waals surface area contributed by atoms with Crippen molar-refractivity contribution in [1.82, 2.24) is 4.98 Å². The molecule has 1 heterocycles. The van der Waals surface area contributed by atoms with Crippen molar-refractivity contribution in [3.8, 4) is 0 Å². The van der Waals surface area contributed by atoms with Crippen molar-refractivity contribution in [2.45, 2.75) is 53.2 Å². The number of nitrogens with one attached hydrogen (secondary N) is 1. The molecule has 0 aliphatic carbocycles. The maximum absolute atomic E-state index is 5.80. The molecular formula is C13H24N2OS. The van der Waals surface area contributed by atoms with Gasteiger partial charge in [0, 0.05) is 12.7 Å². The van der Waals surface area contributed by atoms with Crippen LogP contribution in [0, 0.1) is 5.92 Å². The van der Waals surface area contributed by atoms with Crippen LogP contribution in [0.3, 0.4) is 0 Å². The summed E-state index contributed by atoms with van der Waals surface area (Å²) in [6.07, 6.45) is 4.46. The van der Waals surface area contributed by atoms with Gasteiger partial charge in [-0.15, -0.1) is 0 Å². The number of rotatable bonds is 8. The zero-order valence-corrected chi connectivity index (χ0v) is 12.1. The average molecular weight is 256 g/mol. The van der Waals surface area contributed by atoms with Crippen molar-refractivity contribution < 1.29 is 4.74 Å². The Morgan fingerprint density at radius 3 is 2.82 bits per heavy atom. The Balaban J connectivity index is 2.29. The Morgan fingerprint density at radius 2 is 2.18 bits per heavy atom. The summed E-state index contributed by atoms with van der Waals surface area (Å²) in [5, 5.41) is 4.29. The lowest BCUT2D eigenvalue weighted by molar-refractivity contribution is 0.0411. The lowest BCUT2D eigenvalue weighted by atomic mass is 10.1. The second-order valence-electron chi connectivity index (χ2n) is 4.81. The van der Waals surface area contributed by atoms with Crippen LogP contribution < -0.4 is 5.32 Å². The number of thiazole rings is 1. The maximum Gasteiger partial charge on any atom is 0.182 e. The van der Waals surface area contributed by atoms with Gasteiger partial charge in [0.25, 0.3) is 0 Å². The van der Waals surface area contributed by atoms with E-state index in [1.54, 1.807) is 11.3 Å². The first-order valence-electron chi connectivity index (χ1n) is 6.42. The van der Waals surface area contributed by atoms with Gasteiger partial charge in [-0.2, -0.15) is 0 Å². The number of anilines is 1. The Labute approximate surface area is 109 Å². The van der Waals surface area contributed by atoms with Crippen molar-refractivity contribution in [1.29, 1.82) is 0 Å². The highest BCUT2D eigenvalue weighted by molar-refractivity contribution is 7.15. The first-order valence-corrected chi connectivity index (χ1v) is 7.23. The SMILES string of the molecule is CCCNc1ncc(COC(C)CC(C)C)s1. The van der Waals surface area contributed by atoms with Gasteiger partial charge in [0.2, 0.25) is 0 Å². The van der Waals surface area contributed by atoms with Gasteiger partial charge >= 0.3 is 0 Å². The smallest absolute Gasteiger partial charge is 0.182 e. The molecule has 0 aliphatic rings. The highest BCUT2D eigenvalue weighted by Gasteiger charge is 2.07. The molecule has 1 aromatic rings. The monoisotopic (exact) mass is 256 g/mol. The molecule has 1 rings (SSSR count). The Bertz CT molecular complexity index is 312. The fourth-order valence-electron chi connectivity index (χ4n) is 1.64. The zero-order valence-electron chi connectivity index (χ0n) is 11.3. The summed E-state index contributed by atoms with van der Waals surface area (Å²) in [6, 6.07) is 0. The van der Waals surface area contributed by atoms with E-state index in [-0.39, 0.29) is 0 Å². The minimum Gasteiger partial charge on any atom is -0.373 e. The molecule has 98 valence electrons. The van der Waals surface area contributed by atoms with E-state index in [9.17, 15) is 0 Å². The summed E-state index contributed by atoms with van der Waals surface area (Å²) < 4.78 is 5.80. The summed E-state index contributed by atoms with van der Waals surface area (Å²) in [6.45, 7) is 10.4. The molecule has 0 radical (unpaired) electrons. The highest BCUT2D eigenvalue weighted by Crippen LogP contribution is 2.20. The Morgan fingerprint density at radius 1 is 1.41 bits per heavy atom. The van der Waals surface area contributed by atoms with E-state index in [2.05, 4.69) is 38.0 Å². The van der Waals surface area contributed by atoms with Gasteiger partial charge in [0.15, 0.2) is 5.13 Å². The number of hydrogen-bond acceptors (Lipinski definition) is 4. The number of hydrogen-bond donors (Lipinski definition) is 1. The first kappa shape index (κ1) is 14.5. The van der Waals surface area contributed by atoms with Crippen LogP contribution in [0.15, 0.2) is 6.20 Å². The van der Waals surface area contributed by atoms with Crippen LogP contribution in [-0.4, -0.2) is 17.6 Å². The summed E-state index contributed by atoms with van der Waals surface area (Å²) in [7, 11) is 0. The van der Waals surface area contributed by atoms with Gasteiger partial charge in [0.05, 0.1) is 17.6 Å². The second kappa shape index (κ2) is 7.67. The van der Waals surface area contributed by atoms with Gasteiger partial charge in [-0.05, 0) is 25.7 Å². The van der Waals surface area contributed by atoms with Crippen molar-refractivity contribution >= 4 is 16.5 Å². The molecule has 3 nitrogen and oxygen atoms in total. The van der Waals surface area contributed by atoms with Gasteiger partial charge in [-0.3, -0.25) is 0 Å². The van der Waals surface area contributed by atoms with E-state index in [1.165, 1.54) is 4.88 Å². The van der Waals surface area contributed by atoms with E-state index in [4.69, 9.17) is 4.74 Å². The average Bonchev–Trinajstić information content (AvgIpc) is 2.70. The third-order valence-electron chi connectivity index (χ3n) is 2.39. The number of aromatic nitrogens is 1. The van der Waals surface area contributed by atoms with Gasteiger partial charge in [-0.25, -0.2) is 4.98 Å². The van der Waals surface area contributed by atoms with Crippen LogP contribution in [-0.2, 0) is 11.3 Å². The Kier molecular flexibility index (Phi) is 6.52. The minimum atomic E-state index is 0.323. The molecule has 1 atom stereocenters. The summed E-state index contributed by atoms with van der Waals surface area (Å²) >= 11 is 1.69. The van der Waals surface area contributed by atoms with Crippen LogP contribution in [0.25, 0.3) is 0 Å². The lowest BCUT2D eigenvalue weighted by Crippen LogP contribution is -2.10. The summed E-state index contributed by atoms with van der Waals surface area (Å²) in [4.78, 5) is 5.51. The molecule has 4 heteroatoms. The largest absolute Gasteiger partial charge is 0.373 e. The van der Waals surface area contributed by atoms with Crippen LogP contribution >= 0.6 is 11.3 Å². The van der Waals surface area contributed by atoms with Crippen LogP contribution in [0.1, 0.15) is 45.4 Å². The molecule has 0 saturated heterocycles. The van der Waals surface area contributed by atoms with Crippen LogP contribution in [0.4, 0.5) is 5.13 Å². The molecule has 1 unspecified atom stereocenters. The molecule has 1 aromatic heterocycles. The first-order chi connectivity index (χ1) is 8.11. The standard InChI is InChI=1S/C13H24N2OS/c1-5-6-14-13-15-8-12(17-13)9-16-11(4)7-10(2)3/h8,10-11H,5-7,9H2,1-4H3,(H,14,15). The van der Waals surface area contributed by atoms with Gasteiger partial charge in [-0.1, -0.05) is 32.1 Å². The van der Waals surface area contributed by atoms with E-state index >= 15 is 0 Å². The third-order valence-corrected chi connectivity index (χ3v) is 3.32. The normalized spacial score (nSPS) is 13.0. The molecule has 0 fully saturated rings. The number of nitrogens with zero attached hydrogens (tertiary/aromatic N) is 1. The predicted octanol–water partition coefficient (Wildman–Crippen LogP) is 3.92. The molecule has 0 aromatic carbocycles. The Hall–Kier alpha value is -0.610. The van der Waals surface area contributed by atoms with E-state index < -0.39 is 0 Å². The lowest BCUT2D eigenvalue weighted by Gasteiger charge is -2.14. The zero-order chi connectivity index (χ0) is 12.7. The third kappa shape index (κ3) is 6.03. The fraction of sp³-hybridized carbons (Fsp3) is 0.769. The van der Waals surface area contributed by atoms with Gasteiger partial charge < -0.3 is 10.1 Å². The minimum absolute atomic E-state index is 0.323. The summed E-state index contributed by atoms with van der Waals surface area (Å²) in [5.74, 6) is 0.688. The molecule has 0 spiro atoms. The number of ether oxygens (including phenoxy) is 1. The highest BCUT2D eigenvalue weighted by atomic mass is 32.1. The topological polar surface area (TPSA) is 34.2 Å². The van der Waals surface area contributed by atoms with E-state index in [1.807, 2.05) is 6.20 Å². The van der Waals surface area contributed by atoms with Crippen molar-refractivity contribution in [3.05, 3.63) is 11.1 Å². The van der Waals surface area contributed by atoms with Crippen molar-refractivity contribution in [2.75, 3.05) is 11.9 Å². The summed E-state index contributed by atoms with van der Waals surface area (Å²) in [5.41, 5.74) is 0. The van der Waals surface area contributed by atoms with Crippen molar-refractivity contribution in [2.24, 2.45) is 5.92 Å².